The number of anilines is 1. The van der Waals surface area contributed by atoms with Crippen LogP contribution in [0.25, 0.3) is 16.2 Å². The summed E-state index contributed by atoms with van der Waals surface area (Å²) in [6.45, 7) is 2.25. The Morgan fingerprint density at radius 3 is 2.61 bits per heavy atom. The molecule has 5 heteroatoms. The fourth-order valence-corrected chi connectivity index (χ4v) is 3.01. The Morgan fingerprint density at radius 2 is 1.94 bits per heavy atom. The average Bonchev–Trinajstić information content (AvgIpc) is 2.86. The molecule has 4 rings (SSSR count). The Morgan fingerprint density at radius 1 is 1.11 bits per heavy atom. The summed E-state index contributed by atoms with van der Waals surface area (Å²) in [5.41, 5.74) is 2.13. The van der Waals surface area contributed by atoms with E-state index in [-0.39, 0.29) is 0 Å². The maximum absolute atomic E-state index is 4.64. The quantitative estimate of drug-likeness (QED) is 0.707. The summed E-state index contributed by atoms with van der Waals surface area (Å²) < 4.78 is 1.89. The van der Waals surface area contributed by atoms with Crippen LogP contribution in [0.5, 0.6) is 0 Å². The van der Waals surface area contributed by atoms with E-state index in [1.807, 2.05) is 28.9 Å². The fraction of sp³-hybridized carbons (Fsp3) is 0.231. The molecule has 0 amide bonds. The van der Waals surface area contributed by atoms with Gasteiger partial charge in [-0.25, -0.2) is 9.50 Å². The summed E-state index contributed by atoms with van der Waals surface area (Å²) in [6, 6.07) is 10.2. The number of rotatable bonds is 2. The third kappa shape index (κ3) is 1.51. The van der Waals surface area contributed by atoms with E-state index in [0.717, 1.165) is 34.4 Å². The molecule has 1 aromatic carbocycles. The highest BCUT2D eigenvalue weighted by Gasteiger charge is 2.19. The van der Waals surface area contributed by atoms with Crippen LogP contribution in [0.2, 0.25) is 0 Å². The first-order chi connectivity index (χ1) is 8.90. The van der Waals surface area contributed by atoms with Crippen molar-refractivity contribution in [3.8, 4) is 11.3 Å². The van der Waals surface area contributed by atoms with Crippen LogP contribution in [0.1, 0.15) is 6.42 Å². The molecule has 18 heavy (non-hydrogen) atoms. The Kier molecular flexibility index (Phi) is 2.14. The molecule has 1 aliphatic heterocycles. The summed E-state index contributed by atoms with van der Waals surface area (Å²) in [4.78, 5) is 7.90. The van der Waals surface area contributed by atoms with Crippen molar-refractivity contribution in [2.75, 3.05) is 18.0 Å². The molecule has 0 spiro atoms. The van der Waals surface area contributed by atoms with Gasteiger partial charge in [0.1, 0.15) is 0 Å². The number of benzene rings is 1. The second-order valence-corrected chi connectivity index (χ2v) is 5.38. The first-order valence-corrected chi connectivity index (χ1v) is 6.88. The minimum atomic E-state index is 0.968. The summed E-state index contributed by atoms with van der Waals surface area (Å²) >= 11 is 1.66. The van der Waals surface area contributed by atoms with Gasteiger partial charge in [-0.1, -0.05) is 41.7 Å². The van der Waals surface area contributed by atoms with Gasteiger partial charge >= 0.3 is 0 Å². The van der Waals surface area contributed by atoms with Gasteiger partial charge in [0, 0.05) is 18.7 Å². The van der Waals surface area contributed by atoms with Crippen LogP contribution in [0, 0.1) is 0 Å². The van der Waals surface area contributed by atoms with Crippen molar-refractivity contribution in [2.24, 2.45) is 0 Å². The van der Waals surface area contributed by atoms with E-state index in [0.29, 0.717) is 0 Å². The van der Waals surface area contributed by atoms with E-state index >= 15 is 0 Å². The third-order valence-electron chi connectivity index (χ3n) is 3.23. The minimum Gasteiger partial charge on any atom is -0.347 e. The van der Waals surface area contributed by atoms with Gasteiger partial charge in [0.15, 0.2) is 0 Å². The van der Waals surface area contributed by atoms with Crippen LogP contribution in [-0.2, 0) is 0 Å². The number of aromatic nitrogens is 3. The summed E-state index contributed by atoms with van der Waals surface area (Å²) in [5.74, 6) is 0. The molecule has 1 aliphatic rings. The van der Waals surface area contributed by atoms with E-state index in [4.69, 9.17) is 0 Å². The first kappa shape index (κ1) is 10.1. The molecule has 1 saturated heterocycles. The number of fused-ring (bicyclic) bond motifs is 1. The maximum atomic E-state index is 4.64. The predicted octanol–water partition coefficient (Wildman–Crippen LogP) is 2.67. The Hall–Kier alpha value is -1.88. The molecular weight excluding hydrogens is 244 g/mol. The second kappa shape index (κ2) is 3.81. The van der Waals surface area contributed by atoms with Gasteiger partial charge in [0.2, 0.25) is 10.1 Å². The normalized spacial score (nSPS) is 15.0. The number of hydrogen-bond acceptors (Lipinski definition) is 4. The van der Waals surface area contributed by atoms with Gasteiger partial charge in [-0.05, 0) is 6.42 Å². The number of nitrogens with zero attached hydrogens (tertiary/aromatic N) is 4. The smallest absolute Gasteiger partial charge is 0.214 e. The number of imidazole rings is 1. The molecule has 4 nitrogen and oxygen atoms in total. The summed E-state index contributed by atoms with van der Waals surface area (Å²) in [6.07, 6.45) is 3.28. The van der Waals surface area contributed by atoms with E-state index in [9.17, 15) is 0 Å². The molecule has 0 unspecified atom stereocenters. The molecule has 0 aliphatic carbocycles. The lowest BCUT2D eigenvalue weighted by Gasteiger charge is -2.29. The van der Waals surface area contributed by atoms with Crippen molar-refractivity contribution in [1.29, 1.82) is 0 Å². The lowest BCUT2D eigenvalue weighted by molar-refractivity contribution is 0.611. The predicted molar refractivity (Wildman–Crippen MR) is 73.1 cm³/mol. The van der Waals surface area contributed by atoms with Gasteiger partial charge in [0.25, 0.3) is 0 Å². The molecule has 0 bridgehead atoms. The zero-order chi connectivity index (χ0) is 11.9. The van der Waals surface area contributed by atoms with Crippen molar-refractivity contribution < 1.29 is 0 Å². The molecule has 0 atom stereocenters. The SMILES string of the molecule is c1ccc(-c2cn3nc(N4CCC4)sc3n2)cc1. The van der Waals surface area contributed by atoms with Crippen LogP contribution >= 0.6 is 11.3 Å². The van der Waals surface area contributed by atoms with Crippen molar-refractivity contribution in [1.82, 2.24) is 14.6 Å². The van der Waals surface area contributed by atoms with Crippen LogP contribution in [0.3, 0.4) is 0 Å². The molecular formula is C13H12N4S. The molecule has 0 radical (unpaired) electrons. The van der Waals surface area contributed by atoms with Crippen molar-refractivity contribution in [2.45, 2.75) is 6.42 Å². The van der Waals surface area contributed by atoms with Crippen LogP contribution in [0.4, 0.5) is 5.13 Å². The van der Waals surface area contributed by atoms with E-state index in [1.165, 1.54) is 6.42 Å². The van der Waals surface area contributed by atoms with Gasteiger partial charge < -0.3 is 4.90 Å². The second-order valence-electron chi connectivity index (χ2n) is 4.44. The zero-order valence-electron chi connectivity index (χ0n) is 9.78. The molecule has 1 fully saturated rings. The van der Waals surface area contributed by atoms with Gasteiger partial charge in [0.05, 0.1) is 11.9 Å². The van der Waals surface area contributed by atoms with E-state index in [2.05, 4.69) is 27.1 Å². The van der Waals surface area contributed by atoms with Gasteiger partial charge in [-0.2, -0.15) is 0 Å². The first-order valence-electron chi connectivity index (χ1n) is 6.07. The molecule has 2 aromatic heterocycles. The highest BCUT2D eigenvalue weighted by Crippen LogP contribution is 2.28. The monoisotopic (exact) mass is 256 g/mol. The average molecular weight is 256 g/mol. The van der Waals surface area contributed by atoms with Crippen LogP contribution < -0.4 is 4.90 Å². The van der Waals surface area contributed by atoms with E-state index in [1.54, 1.807) is 11.3 Å². The number of hydrogen-bond donors (Lipinski definition) is 0. The van der Waals surface area contributed by atoms with Crippen LogP contribution in [-0.4, -0.2) is 27.7 Å². The Labute approximate surface area is 109 Å². The fourth-order valence-electron chi connectivity index (χ4n) is 2.07. The Balaban J connectivity index is 1.74. The van der Waals surface area contributed by atoms with E-state index < -0.39 is 0 Å². The lowest BCUT2D eigenvalue weighted by Crippen LogP contribution is -2.36. The molecule has 0 N–H and O–H groups in total. The van der Waals surface area contributed by atoms with Crippen molar-refractivity contribution in [3.63, 3.8) is 0 Å². The molecule has 0 saturated carbocycles. The summed E-state index contributed by atoms with van der Waals surface area (Å²) in [7, 11) is 0. The van der Waals surface area contributed by atoms with Gasteiger partial charge in [-0.15, -0.1) is 5.10 Å². The summed E-state index contributed by atoms with van der Waals surface area (Å²) in [5, 5.41) is 5.67. The van der Waals surface area contributed by atoms with Gasteiger partial charge in [-0.3, -0.25) is 0 Å². The Bertz CT molecular complexity index is 650. The van der Waals surface area contributed by atoms with Crippen molar-refractivity contribution >= 4 is 21.4 Å². The van der Waals surface area contributed by atoms with Crippen LogP contribution in [0.15, 0.2) is 36.5 Å². The highest BCUT2D eigenvalue weighted by molar-refractivity contribution is 7.20. The standard InChI is InChI=1S/C13H12N4S/c1-2-5-10(6-3-1)11-9-17-12(14-11)18-13(15-17)16-7-4-8-16/h1-3,5-6,9H,4,7-8H2. The molecule has 3 aromatic rings. The topological polar surface area (TPSA) is 33.4 Å². The zero-order valence-corrected chi connectivity index (χ0v) is 10.6. The van der Waals surface area contributed by atoms with Crippen molar-refractivity contribution in [3.05, 3.63) is 36.5 Å². The third-order valence-corrected chi connectivity index (χ3v) is 4.21. The largest absolute Gasteiger partial charge is 0.347 e. The maximum Gasteiger partial charge on any atom is 0.214 e. The molecule has 3 heterocycles. The lowest BCUT2D eigenvalue weighted by atomic mass is 10.2. The molecule has 90 valence electrons. The highest BCUT2D eigenvalue weighted by atomic mass is 32.1. The minimum absolute atomic E-state index is 0.968.